The highest BCUT2D eigenvalue weighted by Crippen LogP contribution is 2.33. The first kappa shape index (κ1) is 17.2. The van der Waals surface area contributed by atoms with Gasteiger partial charge in [0.25, 0.3) is 11.1 Å². The number of benzene rings is 2. The Labute approximate surface area is 157 Å². The zero-order valence-corrected chi connectivity index (χ0v) is 14.7. The Bertz CT molecular complexity index is 1150. The van der Waals surface area contributed by atoms with Gasteiger partial charge in [-0.3, -0.25) is 19.3 Å². The highest BCUT2D eigenvalue weighted by Gasteiger charge is 2.35. The fraction of sp³-hybridized carbons (Fsp3) is 0.0500. The molecule has 5 nitrogen and oxygen atoms in total. The molecule has 1 saturated heterocycles. The van der Waals surface area contributed by atoms with Crippen molar-refractivity contribution in [1.29, 1.82) is 0 Å². The Kier molecular flexibility index (Phi) is 4.37. The minimum absolute atomic E-state index is 0.0363. The lowest BCUT2D eigenvalue weighted by molar-refractivity contribution is -0.123. The summed E-state index contributed by atoms with van der Waals surface area (Å²) in [5.41, 5.74) is 0.998. The van der Waals surface area contributed by atoms with Crippen molar-refractivity contribution < 1.29 is 18.4 Å². The normalized spacial score (nSPS) is 15.9. The number of fused-ring (bicyclic) bond motifs is 1. The molecule has 27 heavy (non-hydrogen) atoms. The average molecular weight is 381 g/mol. The topological polar surface area (TPSA) is 67.6 Å². The summed E-state index contributed by atoms with van der Waals surface area (Å²) in [7, 11) is 0. The first-order valence-electron chi connectivity index (χ1n) is 8.03. The van der Waals surface area contributed by atoms with Crippen molar-refractivity contribution in [3.05, 3.63) is 86.9 Å². The van der Waals surface area contributed by atoms with Crippen LogP contribution in [0.1, 0.15) is 11.1 Å². The molecule has 4 rings (SSSR count). The van der Waals surface area contributed by atoms with E-state index in [4.69, 9.17) is 4.42 Å². The van der Waals surface area contributed by atoms with E-state index in [1.54, 1.807) is 24.3 Å². The number of amides is 2. The molecule has 1 aromatic heterocycles. The van der Waals surface area contributed by atoms with Crippen LogP contribution < -0.4 is 5.43 Å². The first-order valence-corrected chi connectivity index (χ1v) is 8.85. The molecule has 1 aliphatic rings. The molecule has 134 valence electrons. The van der Waals surface area contributed by atoms with Crippen molar-refractivity contribution in [3.8, 4) is 0 Å². The Morgan fingerprint density at radius 2 is 1.78 bits per heavy atom. The summed E-state index contributed by atoms with van der Waals surface area (Å²) in [6, 6.07) is 12.4. The number of halogens is 1. The van der Waals surface area contributed by atoms with Crippen molar-refractivity contribution in [2.24, 2.45) is 0 Å². The Morgan fingerprint density at radius 3 is 2.56 bits per heavy atom. The molecular weight excluding hydrogens is 369 g/mol. The molecule has 0 atom stereocenters. The summed E-state index contributed by atoms with van der Waals surface area (Å²) >= 11 is 0.757. The molecular formula is C20H12FNO4S. The van der Waals surface area contributed by atoms with Gasteiger partial charge in [0.1, 0.15) is 17.7 Å². The monoisotopic (exact) mass is 381 g/mol. The third kappa shape index (κ3) is 3.29. The number of thioether (sulfide) groups is 1. The molecule has 0 spiro atoms. The summed E-state index contributed by atoms with van der Waals surface area (Å²) < 4.78 is 18.4. The van der Waals surface area contributed by atoms with E-state index in [2.05, 4.69) is 0 Å². The van der Waals surface area contributed by atoms with Gasteiger partial charge in [0.15, 0.2) is 5.43 Å². The second-order valence-electron chi connectivity index (χ2n) is 5.91. The molecule has 0 saturated carbocycles. The predicted molar refractivity (Wildman–Crippen MR) is 100 cm³/mol. The molecule has 0 radical (unpaired) electrons. The lowest BCUT2D eigenvalue weighted by Gasteiger charge is -2.12. The zero-order chi connectivity index (χ0) is 19.0. The number of nitrogens with zero attached hydrogens (tertiary/aromatic N) is 1. The maximum absolute atomic E-state index is 13.0. The maximum Gasteiger partial charge on any atom is 0.293 e. The second kappa shape index (κ2) is 6.85. The second-order valence-corrected chi connectivity index (χ2v) is 6.90. The van der Waals surface area contributed by atoms with Crippen LogP contribution in [-0.4, -0.2) is 16.0 Å². The van der Waals surface area contributed by atoms with Gasteiger partial charge in [-0.15, -0.1) is 0 Å². The van der Waals surface area contributed by atoms with Gasteiger partial charge in [0, 0.05) is 0 Å². The minimum atomic E-state index is -0.498. The molecule has 7 heteroatoms. The highest BCUT2D eigenvalue weighted by molar-refractivity contribution is 8.18. The summed E-state index contributed by atoms with van der Waals surface area (Å²) in [6.07, 6.45) is 2.65. The lowest BCUT2D eigenvalue weighted by Crippen LogP contribution is -2.27. The number of hydrogen-bond acceptors (Lipinski definition) is 5. The van der Waals surface area contributed by atoms with Crippen LogP contribution >= 0.6 is 11.8 Å². The van der Waals surface area contributed by atoms with E-state index in [0.29, 0.717) is 16.5 Å². The largest absolute Gasteiger partial charge is 0.463 e. The molecule has 2 heterocycles. The van der Waals surface area contributed by atoms with E-state index in [0.717, 1.165) is 16.7 Å². The molecule has 0 unspecified atom stereocenters. The lowest BCUT2D eigenvalue weighted by atomic mass is 10.1. The smallest absolute Gasteiger partial charge is 0.293 e. The molecule has 0 aliphatic carbocycles. The van der Waals surface area contributed by atoms with Gasteiger partial charge in [0.05, 0.1) is 22.4 Å². The molecule has 0 bridgehead atoms. The number of carbonyl (C=O) groups excluding carboxylic acids is 2. The van der Waals surface area contributed by atoms with E-state index in [9.17, 15) is 18.8 Å². The van der Waals surface area contributed by atoms with Crippen molar-refractivity contribution in [2.75, 3.05) is 0 Å². The SMILES string of the molecule is O=C1S/C(=C/c2coc3ccccc3c2=O)C(=O)N1Cc1ccc(F)cc1. The van der Waals surface area contributed by atoms with Crippen LogP contribution in [-0.2, 0) is 11.3 Å². The van der Waals surface area contributed by atoms with Crippen LogP contribution in [0.4, 0.5) is 9.18 Å². The molecule has 3 aromatic rings. The van der Waals surface area contributed by atoms with Crippen molar-refractivity contribution in [3.63, 3.8) is 0 Å². The van der Waals surface area contributed by atoms with Gasteiger partial charge in [-0.1, -0.05) is 24.3 Å². The quantitative estimate of drug-likeness (QED) is 0.637. The molecule has 0 N–H and O–H groups in total. The first-order chi connectivity index (χ1) is 13.0. The van der Waals surface area contributed by atoms with E-state index in [1.807, 2.05) is 0 Å². The Hall–Kier alpha value is -3.19. The minimum Gasteiger partial charge on any atom is -0.463 e. The predicted octanol–water partition coefficient (Wildman–Crippen LogP) is 4.17. The fourth-order valence-electron chi connectivity index (χ4n) is 2.74. The van der Waals surface area contributed by atoms with Gasteiger partial charge >= 0.3 is 0 Å². The molecule has 2 amide bonds. The maximum atomic E-state index is 13.0. The van der Waals surface area contributed by atoms with Gasteiger partial charge in [-0.05, 0) is 47.7 Å². The third-order valence-electron chi connectivity index (χ3n) is 4.12. The van der Waals surface area contributed by atoms with Crippen LogP contribution in [0, 0.1) is 5.82 Å². The average Bonchev–Trinajstić information content (AvgIpc) is 2.93. The van der Waals surface area contributed by atoms with Gasteiger partial charge < -0.3 is 4.42 Å². The summed E-state index contributed by atoms with van der Waals surface area (Å²) in [5.74, 6) is -0.891. The van der Waals surface area contributed by atoms with E-state index >= 15 is 0 Å². The van der Waals surface area contributed by atoms with Crippen LogP contribution in [0.5, 0.6) is 0 Å². The number of hydrogen-bond donors (Lipinski definition) is 0. The van der Waals surface area contributed by atoms with Crippen LogP contribution in [0.25, 0.3) is 17.0 Å². The van der Waals surface area contributed by atoms with Gasteiger partial charge in [0.2, 0.25) is 0 Å². The van der Waals surface area contributed by atoms with Crippen LogP contribution in [0.15, 0.2) is 68.9 Å². The summed E-state index contributed by atoms with van der Waals surface area (Å²) in [5, 5.41) is -0.0439. The van der Waals surface area contributed by atoms with Crippen molar-refractivity contribution >= 4 is 40.0 Å². The van der Waals surface area contributed by atoms with Crippen LogP contribution in [0.3, 0.4) is 0 Å². The standard InChI is InChI=1S/C20H12FNO4S/c21-14-7-5-12(6-8-14)10-22-19(24)17(27-20(22)25)9-13-11-26-16-4-2-1-3-15(16)18(13)23/h1-9,11H,10H2/b17-9+. The van der Waals surface area contributed by atoms with E-state index in [-0.39, 0.29) is 22.4 Å². The van der Waals surface area contributed by atoms with E-state index in [1.165, 1.54) is 36.6 Å². The molecule has 2 aromatic carbocycles. The van der Waals surface area contributed by atoms with Crippen molar-refractivity contribution in [1.82, 2.24) is 4.90 Å². The zero-order valence-electron chi connectivity index (χ0n) is 13.8. The number of carbonyl (C=O) groups is 2. The van der Waals surface area contributed by atoms with Crippen molar-refractivity contribution in [2.45, 2.75) is 6.54 Å². The number of para-hydroxylation sites is 1. The summed E-state index contributed by atoms with van der Waals surface area (Å²) in [6.45, 7) is 0.0363. The fourth-order valence-corrected chi connectivity index (χ4v) is 3.57. The van der Waals surface area contributed by atoms with Crippen LogP contribution in [0.2, 0.25) is 0 Å². The highest BCUT2D eigenvalue weighted by atomic mass is 32.2. The summed E-state index contributed by atoms with van der Waals surface area (Å²) in [4.78, 5) is 38.5. The molecule has 1 fully saturated rings. The Balaban J connectivity index is 1.64. The van der Waals surface area contributed by atoms with Gasteiger partial charge in [-0.2, -0.15) is 0 Å². The Morgan fingerprint density at radius 1 is 1.04 bits per heavy atom. The molecule has 1 aliphatic heterocycles. The number of imide groups is 1. The van der Waals surface area contributed by atoms with E-state index < -0.39 is 17.0 Å². The third-order valence-corrected chi connectivity index (χ3v) is 5.03. The van der Waals surface area contributed by atoms with Gasteiger partial charge in [-0.25, -0.2) is 4.39 Å². The number of rotatable bonds is 3.